The molecule has 1 saturated heterocycles. The first-order chi connectivity index (χ1) is 10.3. The van der Waals surface area contributed by atoms with Gasteiger partial charge >= 0.3 is 0 Å². The average Bonchev–Trinajstić information content (AvgIpc) is 3.28. The van der Waals surface area contributed by atoms with Gasteiger partial charge in [-0.05, 0) is 69.3 Å². The quantitative estimate of drug-likeness (QED) is 0.926. The molecular weight excluding hydrogens is 282 g/mol. The standard InChI is InChI=1S/C17H22ClN3/c18-13-2-5-15-16(11-13)21(14-3-4-14)17(20-15)6-1-12-7-9-19-10-8-12/h2,5,11-12,14,19H,1,3-4,6-10H2. The Morgan fingerprint density at radius 3 is 2.76 bits per heavy atom. The van der Waals surface area contributed by atoms with Gasteiger partial charge in [0.2, 0.25) is 0 Å². The zero-order valence-corrected chi connectivity index (χ0v) is 13.1. The number of fused-ring (bicyclic) bond motifs is 1. The average molecular weight is 304 g/mol. The maximum Gasteiger partial charge on any atom is 0.110 e. The number of hydrogen-bond donors (Lipinski definition) is 1. The van der Waals surface area contributed by atoms with Crippen molar-refractivity contribution in [2.45, 2.75) is 44.6 Å². The minimum absolute atomic E-state index is 0.663. The van der Waals surface area contributed by atoms with Crippen LogP contribution in [0.15, 0.2) is 18.2 Å². The molecule has 1 N–H and O–H groups in total. The van der Waals surface area contributed by atoms with Crippen LogP contribution in [0, 0.1) is 5.92 Å². The molecule has 3 nitrogen and oxygen atoms in total. The molecule has 0 radical (unpaired) electrons. The smallest absolute Gasteiger partial charge is 0.110 e. The van der Waals surface area contributed by atoms with E-state index in [4.69, 9.17) is 16.6 Å². The molecule has 1 aromatic heterocycles. The molecule has 21 heavy (non-hydrogen) atoms. The number of piperidine rings is 1. The Morgan fingerprint density at radius 1 is 1.19 bits per heavy atom. The van der Waals surface area contributed by atoms with E-state index in [0.717, 1.165) is 22.9 Å². The van der Waals surface area contributed by atoms with E-state index in [1.54, 1.807) is 0 Å². The van der Waals surface area contributed by atoms with Crippen molar-refractivity contribution in [3.05, 3.63) is 29.0 Å². The van der Waals surface area contributed by atoms with Crippen LogP contribution in [0.4, 0.5) is 0 Å². The Hall–Kier alpha value is -1.06. The summed E-state index contributed by atoms with van der Waals surface area (Å²) in [6.07, 6.45) is 7.58. The number of benzene rings is 1. The fourth-order valence-electron chi connectivity index (χ4n) is 3.54. The van der Waals surface area contributed by atoms with Crippen LogP contribution in [0.5, 0.6) is 0 Å². The minimum Gasteiger partial charge on any atom is -0.325 e. The molecule has 1 aromatic carbocycles. The summed E-state index contributed by atoms with van der Waals surface area (Å²) in [6.45, 7) is 2.36. The molecule has 2 fully saturated rings. The highest BCUT2D eigenvalue weighted by Gasteiger charge is 2.28. The lowest BCUT2D eigenvalue weighted by Gasteiger charge is -2.22. The second-order valence-electron chi connectivity index (χ2n) is 6.49. The number of halogens is 1. The van der Waals surface area contributed by atoms with Crippen molar-refractivity contribution in [2.75, 3.05) is 13.1 Å². The maximum atomic E-state index is 6.18. The molecule has 2 heterocycles. The third kappa shape index (κ3) is 2.82. The van der Waals surface area contributed by atoms with Crippen molar-refractivity contribution in [1.29, 1.82) is 0 Å². The third-order valence-corrected chi connectivity index (χ3v) is 5.11. The molecule has 2 aromatic rings. The van der Waals surface area contributed by atoms with Crippen molar-refractivity contribution in [2.24, 2.45) is 5.92 Å². The van der Waals surface area contributed by atoms with Crippen molar-refractivity contribution < 1.29 is 0 Å². The number of nitrogens with one attached hydrogen (secondary N) is 1. The number of imidazole rings is 1. The molecule has 0 bridgehead atoms. The molecule has 0 amide bonds. The summed E-state index contributed by atoms with van der Waals surface area (Å²) >= 11 is 6.18. The largest absolute Gasteiger partial charge is 0.325 e. The zero-order chi connectivity index (χ0) is 14.2. The molecule has 0 atom stereocenters. The molecule has 0 spiro atoms. The van der Waals surface area contributed by atoms with Gasteiger partial charge in [0.05, 0.1) is 11.0 Å². The van der Waals surface area contributed by atoms with Crippen LogP contribution in [0.1, 0.15) is 44.0 Å². The molecule has 112 valence electrons. The van der Waals surface area contributed by atoms with E-state index in [-0.39, 0.29) is 0 Å². The Bertz CT molecular complexity index is 639. The summed E-state index contributed by atoms with van der Waals surface area (Å²) in [5.74, 6) is 2.13. The van der Waals surface area contributed by atoms with Gasteiger partial charge in [-0.25, -0.2) is 4.98 Å². The molecule has 4 rings (SSSR count). The molecule has 1 saturated carbocycles. The number of aryl methyl sites for hydroxylation is 1. The van der Waals surface area contributed by atoms with E-state index in [2.05, 4.69) is 22.0 Å². The molecule has 1 aliphatic carbocycles. The van der Waals surface area contributed by atoms with Gasteiger partial charge < -0.3 is 9.88 Å². The summed E-state index contributed by atoms with van der Waals surface area (Å²) in [4.78, 5) is 4.89. The third-order valence-electron chi connectivity index (χ3n) is 4.87. The lowest BCUT2D eigenvalue weighted by Crippen LogP contribution is -2.28. The Morgan fingerprint density at radius 2 is 2.00 bits per heavy atom. The summed E-state index contributed by atoms with van der Waals surface area (Å²) in [6, 6.07) is 6.75. The van der Waals surface area contributed by atoms with E-state index < -0.39 is 0 Å². The summed E-state index contributed by atoms with van der Waals surface area (Å²) < 4.78 is 2.46. The monoisotopic (exact) mass is 303 g/mol. The Kier molecular flexibility index (Phi) is 3.64. The van der Waals surface area contributed by atoms with Gasteiger partial charge in [0.25, 0.3) is 0 Å². The topological polar surface area (TPSA) is 29.9 Å². The second kappa shape index (κ2) is 5.62. The Balaban J connectivity index is 1.59. The molecular formula is C17H22ClN3. The highest BCUT2D eigenvalue weighted by atomic mass is 35.5. The van der Waals surface area contributed by atoms with Crippen molar-refractivity contribution in [3.63, 3.8) is 0 Å². The van der Waals surface area contributed by atoms with E-state index in [1.807, 2.05) is 6.07 Å². The predicted molar refractivity (Wildman–Crippen MR) is 86.9 cm³/mol. The zero-order valence-electron chi connectivity index (χ0n) is 12.3. The fourth-order valence-corrected chi connectivity index (χ4v) is 3.70. The Labute approximate surface area is 130 Å². The maximum absolute atomic E-state index is 6.18. The first kappa shape index (κ1) is 13.6. The molecule has 4 heteroatoms. The number of aromatic nitrogens is 2. The van der Waals surface area contributed by atoms with Crippen LogP contribution in [0.3, 0.4) is 0 Å². The number of rotatable bonds is 4. The highest BCUT2D eigenvalue weighted by Crippen LogP contribution is 2.39. The van der Waals surface area contributed by atoms with Gasteiger partial charge in [0.1, 0.15) is 5.82 Å². The second-order valence-corrected chi connectivity index (χ2v) is 6.93. The van der Waals surface area contributed by atoms with Gasteiger partial charge in [0, 0.05) is 17.5 Å². The van der Waals surface area contributed by atoms with Crippen molar-refractivity contribution in [1.82, 2.24) is 14.9 Å². The van der Waals surface area contributed by atoms with Crippen LogP contribution >= 0.6 is 11.6 Å². The summed E-state index contributed by atoms with van der Waals surface area (Å²) in [5.41, 5.74) is 2.33. The minimum atomic E-state index is 0.663. The van der Waals surface area contributed by atoms with E-state index in [9.17, 15) is 0 Å². The van der Waals surface area contributed by atoms with Crippen LogP contribution in [0.25, 0.3) is 11.0 Å². The van der Waals surface area contributed by atoms with Crippen LogP contribution in [-0.2, 0) is 6.42 Å². The van der Waals surface area contributed by atoms with E-state index in [0.29, 0.717) is 6.04 Å². The number of hydrogen-bond acceptors (Lipinski definition) is 2. The predicted octanol–water partition coefficient (Wildman–Crippen LogP) is 3.96. The molecule has 2 aliphatic rings. The molecule has 1 aliphatic heterocycles. The lowest BCUT2D eigenvalue weighted by molar-refractivity contribution is 0.351. The lowest BCUT2D eigenvalue weighted by atomic mass is 9.93. The van der Waals surface area contributed by atoms with E-state index >= 15 is 0 Å². The highest BCUT2D eigenvalue weighted by molar-refractivity contribution is 6.31. The van der Waals surface area contributed by atoms with Crippen molar-refractivity contribution >= 4 is 22.6 Å². The van der Waals surface area contributed by atoms with Gasteiger partial charge in [0.15, 0.2) is 0 Å². The van der Waals surface area contributed by atoms with Gasteiger partial charge in [-0.1, -0.05) is 11.6 Å². The van der Waals surface area contributed by atoms with Gasteiger partial charge in [-0.3, -0.25) is 0 Å². The van der Waals surface area contributed by atoms with E-state index in [1.165, 1.54) is 56.5 Å². The van der Waals surface area contributed by atoms with Crippen LogP contribution in [0.2, 0.25) is 5.02 Å². The summed E-state index contributed by atoms with van der Waals surface area (Å²) in [7, 11) is 0. The fraction of sp³-hybridized carbons (Fsp3) is 0.588. The first-order valence-electron chi connectivity index (χ1n) is 8.18. The van der Waals surface area contributed by atoms with Crippen LogP contribution in [-0.4, -0.2) is 22.6 Å². The van der Waals surface area contributed by atoms with Crippen LogP contribution < -0.4 is 5.32 Å². The van der Waals surface area contributed by atoms with Gasteiger partial charge in [-0.2, -0.15) is 0 Å². The van der Waals surface area contributed by atoms with Gasteiger partial charge in [-0.15, -0.1) is 0 Å². The SMILES string of the molecule is Clc1ccc2nc(CCC3CCNCC3)n(C3CC3)c2c1. The number of nitrogens with zero attached hydrogens (tertiary/aromatic N) is 2. The normalized spacial score (nSPS) is 20.2. The van der Waals surface area contributed by atoms with Crippen molar-refractivity contribution in [3.8, 4) is 0 Å². The summed E-state index contributed by atoms with van der Waals surface area (Å²) in [5, 5.41) is 4.26. The first-order valence-corrected chi connectivity index (χ1v) is 8.56. The molecule has 0 unspecified atom stereocenters.